The quantitative estimate of drug-likeness (QED) is 0.637. The predicted octanol–water partition coefficient (Wildman–Crippen LogP) is 2.19. The molecule has 0 aromatic rings. The van der Waals surface area contributed by atoms with E-state index in [1.807, 2.05) is 0 Å². The van der Waals surface area contributed by atoms with Gasteiger partial charge in [0.05, 0.1) is 6.10 Å². The zero-order chi connectivity index (χ0) is 9.40. The maximum atomic E-state index is 5.40. The average Bonchev–Trinajstić information content (AvgIpc) is 2.07. The van der Waals surface area contributed by atoms with Crippen LogP contribution in [0.4, 0.5) is 0 Å². The van der Waals surface area contributed by atoms with Gasteiger partial charge in [0.2, 0.25) is 0 Å². The van der Waals surface area contributed by atoms with Crippen LogP contribution in [0.5, 0.6) is 0 Å². The van der Waals surface area contributed by atoms with Crippen molar-refractivity contribution in [2.24, 2.45) is 0 Å². The molecule has 2 nitrogen and oxygen atoms in total. The summed E-state index contributed by atoms with van der Waals surface area (Å²) >= 11 is 0. The Morgan fingerprint density at radius 1 is 1.25 bits per heavy atom. The largest absolute Gasteiger partial charge is 0.380 e. The molecule has 0 aromatic heterocycles. The molecule has 74 valence electrons. The Morgan fingerprint density at radius 2 is 1.92 bits per heavy atom. The molecule has 0 saturated heterocycles. The first-order valence-electron chi connectivity index (χ1n) is 5.06. The first-order chi connectivity index (χ1) is 5.79. The van der Waals surface area contributed by atoms with Gasteiger partial charge in [0.15, 0.2) is 0 Å². The van der Waals surface area contributed by atoms with Crippen molar-refractivity contribution in [1.29, 1.82) is 0 Å². The van der Waals surface area contributed by atoms with Gasteiger partial charge in [-0.15, -0.1) is 0 Å². The molecule has 0 heterocycles. The SMILES string of the molecule is CCCC(NCC)C(CC)OC. The number of hydrogen-bond donors (Lipinski definition) is 1. The molecule has 2 heteroatoms. The lowest BCUT2D eigenvalue weighted by Gasteiger charge is -2.25. The number of ether oxygens (including phenoxy) is 1. The maximum Gasteiger partial charge on any atom is 0.0721 e. The van der Waals surface area contributed by atoms with Gasteiger partial charge in [0, 0.05) is 13.2 Å². The number of likely N-dealkylation sites (N-methyl/N-ethyl adjacent to an activating group) is 1. The van der Waals surface area contributed by atoms with E-state index in [9.17, 15) is 0 Å². The molecule has 0 spiro atoms. The third-order valence-corrected chi connectivity index (χ3v) is 2.22. The Labute approximate surface area is 76.7 Å². The summed E-state index contributed by atoms with van der Waals surface area (Å²) in [5.74, 6) is 0. The van der Waals surface area contributed by atoms with E-state index < -0.39 is 0 Å². The second kappa shape index (κ2) is 7.56. The summed E-state index contributed by atoms with van der Waals surface area (Å²) in [5, 5.41) is 3.46. The lowest BCUT2D eigenvalue weighted by molar-refractivity contribution is 0.0628. The Hall–Kier alpha value is -0.0800. The van der Waals surface area contributed by atoms with Gasteiger partial charge in [-0.25, -0.2) is 0 Å². The van der Waals surface area contributed by atoms with Crippen LogP contribution in [0.1, 0.15) is 40.0 Å². The molecular formula is C10H23NO. The molecule has 2 unspecified atom stereocenters. The summed E-state index contributed by atoms with van der Waals surface area (Å²) in [4.78, 5) is 0. The van der Waals surface area contributed by atoms with Crippen LogP contribution in [0.3, 0.4) is 0 Å². The van der Waals surface area contributed by atoms with Crippen molar-refractivity contribution < 1.29 is 4.74 Å². The lowest BCUT2D eigenvalue weighted by Crippen LogP contribution is -2.40. The molecule has 1 N–H and O–H groups in total. The Balaban J connectivity index is 3.86. The second-order valence-corrected chi connectivity index (χ2v) is 3.14. The molecule has 0 aliphatic rings. The Bertz CT molecular complexity index is 85.8. The van der Waals surface area contributed by atoms with Crippen molar-refractivity contribution in [2.75, 3.05) is 13.7 Å². The van der Waals surface area contributed by atoms with E-state index in [0.29, 0.717) is 12.1 Å². The minimum Gasteiger partial charge on any atom is -0.380 e. The van der Waals surface area contributed by atoms with Crippen LogP contribution in [-0.4, -0.2) is 25.8 Å². The van der Waals surface area contributed by atoms with Gasteiger partial charge in [-0.2, -0.15) is 0 Å². The first-order valence-corrected chi connectivity index (χ1v) is 5.06. The van der Waals surface area contributed by atoms with Crippen LogP contribution in [0.15, 0.2) is 0 Å². The number of methoxy groups -OCH3 is 1. The lowest BCUT2D eigenvalue weighted by atomic mass is 10.0. The van der Waals surface area contributed by atoms with E-state index in [1.54, 1.807) is 7.11 Å². The third-order valence-electron chi connectivity index (χ3n) is 2.22. The van der Waals surface area contributed by atoms with Crippen molar-refractivity contribution in [2.45, 2.75) is 52.2 Å². The van der Waals surface area contributed by atoms with Crippen molar-refractivity contribution in [3.63, 3.8) is 0 Å². The number of rotatable bonds is 7. The molecule has 0 fully saturated rings. The van der Waals surface area contributed by atoms with Gasteiger partial charge in [0.25, 0.3) is 0 Å². The van der Waals surface area contributed by atoms with Crippen molar-refractivity contribution in [3.05, 3.63) is 0 Å². The molecular weight excluding hydrogens is 150 g/mol. The monoisotopic (exact) mass is 173 g/mol. The fourth-order valence-corrected chi connectivity index (χ4v) is 1.61. The van der Waals surface area contributed by atoms with Crippen LogP contribution in [0, 0.1) is 0 Å². The van der Waals surface area contributed by atoms with Crippen LogP contribution >= 0.6 is 0 Å². The Kier molecular flexibility index (Phi) is 7.51. The molecule has 0 bridgehead atoms. The summed E-state index contributed by atoms with van der Waals surface area (Å²) in [6.45, 7) is 7.57. The van der Waals surface area contributed by atoms with Crippen LogP contribution in [0.25, 0.3) is 0 Å². The van der Waals surface area contributed by atoms with Gasteiger partial charge in [0.1, 0.15) is 0 Å². The molecule has 12 heavy (non-hydrogen) atoms. The van der Waals surface area contributed by atoms with E-state index in [1.165, 1.54) is 12.8 Å². The van der Waals surface area contributed by atoms with Gasteiger partial charge in [-0.3, -0.25) is 0 Å². The minimum atomic E-state index is 0.380. The standard InChI is InChI=1S/C10H23NO/c1-5-8-9(11-7-3)10(6-2)12-4/h9-11H,5-8H2,1-4H3. The van der Waals surface area contributed by atoms with Crippen molar-refractivity contribution >= 4 is 0 Å². The van der Waals surface area contributed by atoms with E-state index in [-0.39, 0.29) is 0 Å². The third kappa shape index (κ3) is 4.07. The Morgan fingerprint density at radius 3 is 2.25 bits per heavy atom. The summed E-state index contributed by atoms with van der Waals surface area (Å²) < 4.78 is 5.40. The minimum absolute atomic E-state index is 0.380. The molecule has 0 aromatic carbocycles. The van der Waals surface area contributed by atoms with Crippen LogP contribution < -0.4 is 5.32 Å². The van der Waals surface area contributed by atoms with Gasteiger partial charge in [-0.05, 0) is 19.4 Å². The van der Waals surface area contributed by atoms with Crippen LogP contribution in [-0.2, 0) is 4.74 Å². The van der Waals surface area contributed by atoms with Gasteiger partial charge >= 0.3 is 0 Å². The number of hydrogen-bond acceptors (Lipinski definition) is 2. The maximum absolute atomic E-state index is 5.40. The highest BCUT2D eigenvalue weighted by atomic mass is 16.5. The molecule has 0 aliphatic carbocycles. The molecule has 0 aliphatic heterocycles. The molecule has 0 rings (SSSR count). The highest BCUT2D eigenvalue weighted by molar-refractivity contribution is 4.74. The topological polar surface area (TPSA) is 21.3 Å². The van der Waals surface area contributed by atoms with Crippen molar-refractivity contribution in [3.8, 4) is 0 Å². The smallest absolute Gasteiger partial charge is 0.0721 e. The molecule has 0 radical (unpaired) electrons. The highest BCUT2D eigenvalue weighted by Gasteiger charge is 2.16. The average molecular weight is 173 g/mol. The van der Waals surface area contributed by atoms with Crippen molar-refractivity contribution in [1.82, 2.24) is 5.32 Å². The van der Waals surface area contributed by atoms with Gasteiger partial charge < -0.3 is 10.1 Å². The second-order valence-electron chi connectivity index (χ2n) is 3.14. The zero-order valence-electron chi connectivity index (χ0n) is 8.89. The summed E-state index contributed by atoms with van der Waals surface area (Å²) in [7, 11) is 1.80. The summed E-state index contributed by atoms with van der Waals surface area (Å²) in [6.07, 6.45) is 3.90. The van der Waals surface area contributed by atoms with E-state index in [2.05, 4.69) is 26.1 Å². The number of nitrogens with one attached hydrogen (secondary N) is 1. The first kappa shape index (κ1) is 11.9. The summed E-state index contributed by atoms with van der Waals surface area (Å²) in [5.41, 5.74) is 0. The fraction of sp³-hybridized carbons (Fsp3) is 1.00. The molecule has 0 saturated carbocycles. The summed E-state index contributed by atoms with van der Waals surface area (Å²) in [6, 6.07) is 0.537. The van der Waals surface area contributed by atoms with Crippen LogP contribution in [0.2, 0.25) is 0 Å². The fourth-order valence-electron chi connectivity index (χ4n) is 1.61. The van der Waals surface area contributed by atoms with E-state index in [4.69, 9.17) is 4.74 Å². The zero-order valence-corrected chi connectivity index (χ0v) is 8.89. The molecule has 2 atom stereocenters. The normalized spacial score (nSPS) is 16.0. The predicted molar refractivity (Wildman–Crippen MR) is 53.5 cm³/mol. The molecule has 0 amide bonds. The van der Waals surface area contributed by atoms with E-state index in [0.717, 1.165) is 13.0 Å². The highest BCUT2D eigenvalue weighted by Crippen LogP contribution is 2.08. The van der Waals surface area contributed by atoms with Gasteiger partial charge in [-0.1, -0.05) is 27.2 Å². The van der Waals surface area contributed by atoms with E-state index >= 15 is 0 Å².